The summed E-state index contributed by atoms with van der Waals surface area (Å²) in [6.45, 7) is 1.61. The molecule has 0 saturated heterocycles. The van der Waals surface area contributed by atoms with Crippen LogP contribution >= 0.6 is 11.6 Å². The monoisotopic (exact) mass is 251 g/mol. The predicted molar refractivity (Wildman–Crippen MR) is 72.7 cm³/mol. The molecule has 1 aromatic rings. The highest BCUT2D eigenvalue weighted by molar-refractivity contribution is 6.18. The SMILES string of the molecule is CN(C)CCOc1ccc(C#CCCCl)cc1. The fourth-order valence-corrected chi connectivity index (χ4v) is 1.29. The van der Waals surface area contributed by atoms with Crippen LogP contribution in [0, 0.1) is 11.8 Å². The largest absolute Gasteiger partial charge is 0.492 e. The van der Waals surface area contributed by atoms with Crippen LogP contribution in [-0.2, 0) is 0 Å². The first kappa shape index (κ1) is 13.9. The number of hydrogen-bond donors (Lipinski definition) is 0. The molecule has 17 heavy (non-hydrogen) atoms. The second-order valence-electron chi connectivity index (χ2n) is 3.92. The van der Waals surface area contributed by atoms with E-state index in [1.807, 2.05) is 38.4 Å². The lowest BCUT2D eigenvalue weighted by Gasteiger charge is -2.10. The van der Waals surface area contributed by atoms with Gasteiger partial charge in [-0.3, -0.25) is 0 Å². The molecule has 0 amide bonds. The van der Waals surface area contributed by atoms with Crippen molar-refractivity contribution in [2.45, 2.75) is 6.42 Å². The molecule has 3 heteroatoms. The molecule has 0 aliphatic heterocycles. The molecule has 2 nitrogen and oxygen atoms in total. The van der Waals surface area contributed by atoms with E-state index in [-0.39, 0.29) is 0 Å². The molecule has 92 valence electrons. The first-order valence-corrected chi connectivity index (χ1v) is 6.18. The number of alkyl halides is 1. The van der Waals surface area contributed by atoms with E-state index in [0.29, 0.717) is 12.5 Å². The van der Waals surface area contributed by atoms with Crippen LogP contribution in [0.2, 0.25) is 0 Å². The smallest absolute Gasteiger partial charge is 0.119 e. The molecule has 0 saturated carbocycles. The highest BCUT2D eigenvalue weighted by Gasteiger charge is 1.94. The molecule has 0 radical (unpaired) electrons. The molecule has 0 bridgehead atoms. The number of nitrogens with zero attached hydrogens (tertiary/aromatic N) is 1. The van der Waals surface area contributed by atoms with Crippen LogP contribution in [0.1, 0.15) is 12.0 Å². The minimum Gasteiger partial charge on any atom is -0.492 e. The summed E-state index contributed by atoms with van der Waals surface area (Å²) in [7, 11) is 4.05. The first-order valence-electron chi connectivity index (χ1n) is 5.65. The first-order chi connectivity index (χ1) is 8.22. The van der Waals surface area contributed by atoms with Gasteiger partial charge in [0.1, 0.15) is 12.4 Å². The second kappa shape index (κ2) is 8.00. The van der Waals surface area contributed by atoms with Crippen molar-refractivity contribution in [2.75, 3.05) is 33.1 Å². The molecule has 0 aliphatic carbocycles. The Labute approximate surface area is 109 Å². The highest BCUT2D eigenvalue weighted by atomic mass is 35.5. The number of halogens is 1. The van der Waals surface area contributed by atoms with Gasteiger partial charge in [0.15, 0.2) is 0 Å². The summed E-state index contributed by atoms with van der Waals surface area (Å²) in [6.07, 6.45) is 0.725. The summed E-state index contributed by atoms with van der Waals surface area (Å²) < 4.78 is 5.59. The van der Waals surface area contributed by atoms with Crippen molar-refractivity contribution in [3.05, 3.63) is 29.8 Å². The average molecular weight is 252 g/mol. The third-order valence-electron chi connectivity index (χ3n) is 2.11. The quantitative estimate of drug-likeness (QED) is 0.589. The topological polar surface area (TPSA) is 12.5 Å². The normalized spacial score (nSPS) is 9.88. The molecule has 0 spiro atoms. The van der Waals surface area contributed by atoms with E-state index in [0.717, 1.165) is 24.3 Å². The lowest BCUT2D eigenvalue weighted by atomic mass is 10.2. The Morgan fingerprint density at radius 3 is 2.53 bits per heavy atom. The van der Waals surface area contributed by atoms with Crippen molar-refractivity contribution in [2.24, 2.45) is 0 Å². The summed E-state index contributed by atoms with van der Waals surface area (Å²) >= 11 is 5.55. The summed E-state index contributed by atoms with van der Waals surface area (Å²) in [6, 6.07) is 7.82. The van der Waals surface area contributed by atoms with Crippen LogP contribution in [0.15, 0.2) is 24.3 Å². The predicted octanol–water partition coefficient (Wildman–Crippen LogP) is 2.61. The van der Waals surface area contributed by atoms with Gasteiger partial charge in [0.05, 0.1) is 0 Å². The van der Waals surface area contributed by atoms with E-state index in [1.165, 1.54) is 0 Å². The van der Waals surface area contributed by atoms with Gasteiger partial charge in [0.2, 0.25) is 0 Å². The van der Waals surface area contributed by atoms with E-state index in [9.17, 15) is 0 Å². The van der Waals surface area contributed by atoms with Gasteiger partial charge >= 0.3 is 0 Å². The van der Waals surface area contributed by atoms with Crippen LogP contribution in [0.5, 0.6) is 5.75 Å². The third kappa shape index (κ3) is 6.21. The fraction of sp³-hybridized carbons (Fsp3) is 0.429. The molecule has 0 heterocycles. The standard InChI is InChI=1S/C14H18ClNO/c1-16(2)11-12-17-14-8-6-13(7-9-14)5-3-4-10-15/h6-9H,4,10-12H2,1-2H3. The van der Waals surface area contributed by atoms with E-state index in [1.54, 1.807) is 0 Å². The number of rotatable bonds is 5. The van der Waals surface area contributed by atoms with Crippen molar-refractivity contribution in [1.29, 1.82) is 0 Å². The van der Waals surface area contributed by atoms with Gasteiger partial charge in [-0.2, -0.15) is 0 Å². The van der Waals surface area contributed by atoms with Gasteiger partial charge in [-0.05, 0) is 38.4 Å². The van der Waals surface area contributed by atoms with E-state index >= 15 is 0 Å². The maximum Gasteiger partial charge on any atom is 0.119 e. The van der Waals surface area contributed by atoms with Crippen molar-refractivity contribution in [3.63, 3.8) is 0 Å². The van der Waals surface area contributed by atoms with Crippen LogP contribution in [0.25, 0.3) is 0 Å². The molecule has 0 atom stereocenters. The Morgan fingerprint density at radius 1 is 1.24 bits per heavy atom. The summed E-state index contributed by atoms with van der Waals surface area (Å²) in [5, 5.41) is 0. The number of ether oxygens (including phenoxy) is 1. The highest BCUT2D eigenvalue weighted by Crippen LogP contribution is 2.11. The van der Waals surface area contributed by atoms with E-state index < -0.39 is 0 Å². The molecule has 1 aromatic carbocycles. The molecule has 1 rings (SSSR count). The van der Waals surface area contributed by atoms with Gasteiger partial charge in [-0.15, -0.1) is 11.6 Å². The second-order valence-corrected chi connectivity index (χ2v) is 4.29. The zero-order chi connectivity index (χ0) is 12.5. The van der Waals surface area contributed by atoms with E-state index in [4.69, 9.17) is 16.3 Å². The van der Waals surface area contributed by atoms with Gasteiger partial charge in [-0.1, -0.05) is 11.8 Å². The van der Waals surface area contributed by atoms with Crippen molar-refractivity contribution in [3.8, 4) is 17.6 Å². The Kier molecular flexibility index (Phi) is 6.54. The van der Waals surface area contributed by atoms with Gasteiger partial charge in [0.25, 0.3) is 0 Å². The van der Waals surface area contributed by atoms with E-state index in [2.05, 4.69) is 16.7 Å². The van der Waals surface area contributed by atoms with Crippen LogP contribution < -0.4 is 4.74 Å². The maximum absolute atomic E-state index is 5.59. The molecule has 0 fully saturated rings. The molecule has 0 N–H and O–H groups in total. The van der Waals surface area contributed by atoms with Crippen molar-refractivity contribution < 1.29 is 4.74 Å². The Balaban J connectivity index is 2.43. The number of hydrogen-bond acceptors (Lipinski definition) is 2. The van der Waals surface area contributed by atoms with Gasteiger partial charge < -0.3 is 9.64 Å². The fourth-order valence-electron chi connectivity index (χ4n) is 1.19. The Hall–Kier alpha value is -1.17. The zero-order valence-corrected chi connectivity index (χ0v) is 11.1. The molecule has 0 aliphatic rings. The lowest BCUT2D eigenvalue weighted by molar-refractivity contribution is 0.261. The third-order valence-corrected chi connectivity index (χ3v) is 2.30. The minimum absolute atomic E-state index is 0.582. The van der Waals surface area contributed by atoms with Gasteiger partial charge in [-0.25, -0.2) is 0 Å². The maximum atomic E-state index is 5.59. The Morgan fingerprint density at radius 2 is 1.94 bits per heavy atom. The summed E-state index contributed by atoms with van der Waals surface area (Å²) in [4.78, 5) is 2.09. The van der Waals surface area contributed by atoms with Crippen LogP contribution in [-0.4, -0.2) is 38.0 Å². The zero-order valence-electron chi connectivity index (χ0n) is 10.4. The number of likely N-dealkylation sites (N-methyl/N-ethyl adjacent to an activating group) is 1. The van der Waals surface area contributed by atoms with Gasteiger partial charge in [0, 0.05) is 24.4 Å². The number of benzene rings is 1. The molecule has 0 aromatic heterocycles. The molecular formula is C14H18ClNO. The molecular weight excluding hydrogens is 234 g/mol. The van der Waals surface area contributed by atoms with Crippen molar-refractivity contribution >= 4 is 11.6 Å². The van der Waals surface area contributed by atoms with Crippen LogP contribution in [0.4, 0.5) is 0 Å². The minimum atomic E-state index is 0.582. The summed E-state index contributed by atoms with van der Waals surface area (Å²) in [5.41, 5.74) is 0.995. The Bertz CT molecular complexity index is 375. The van der Waals surface area contributed by atoms with Crippen LogP contribution in [0.3, 0.4) is 0 Å². The summed E-state index contributed by atoms with van der Waals surface area (Å²) in [5.74, 6) is 7.51. The van der Waals surface area contributed by atoms with Crippen molar-refractivity contribution in [1.82, 2.24) is 4.90 Å². The average Bonchev–Trinajstić information content (AvgIpc) is 2.31. The molecule has 0 unspecified atom stereocenters. The lowest BCUT2D eigenvalue weighted by Crippen LogP contribution is -2.19.